The van der Waals surface area contributed by atoms with Gasteiger partial charge < -0.3 is 15.2 Å². The van der Waals surface area contributed by atoms with Crippen molar-refractivity contribution in [3.63, 3.8) is 0 Å². The summed E-state index contributed by atoms with van der Waals surface area (Å²) < 4.78 is 5.02. The molecule has 1 saturated carbocycles. The number of alkyl carbamates (subject to hydrolysis) is 1. The Bertz CT molecular complexity index is 474. The van der Waals surface area contributed by atoms with E-state index in [4.69, 9.17) is 9.84 Å². The second-order valence-corrected chi connectivity index (χ2v) is 5.31. The number of nitrogens with one attached hydrogen (secondary N) is 1. The van der Waals surface area contributed by atoms with Crippen LogP contribution >= 0.6 is 0 Å². The van der Waals surface area contributed by atoms with E-state index in [0.29, 0.717) is 18.3 Å². The summed E-state index contributed by atoms with van der Waals surface area (Å²) in [4.78, 5) is 22.7. The third-order valence-electron chi connectivity index (χ3n) is 3.62. The molecule has 1 amide bonds. The van der Waals surface area contributed by atoms with Gasteiger partial charge in [-0.15, -0.1) is 0 Å². The van der Waals surface area contributed by atoms with Crippen molar-refractivity contribution in [1.82, 2.24) is 5.32 Å². The number of carbonyl (C=O) groups is 2. The van der Waals surface area contributed by atoms with Gasteiger partial charge in [0.15, 0.2) is 0 Å². The normalized spacial score (nSPS) is 21.9. The SMILES string of the molecule is CC1CC1CC(NC(=O)OCc1ccccc1)C(=O)O. The highest BCUT2D eigenvalue weighted by molar-refractivity contribution is 5.79. The zero-order valence-electron chi connectivity index (χ0n) is 11.4. The number of carboxylic acid groups (broad SMARTS) is 1. The molecule has 108 valence electrons. The van der Waals surface area contributed by atoms with Gasteiger partial charge in [0.2, 0.25) is 0 Å². The van der Waals surface area contributed by atoms with E-state index in [9.17, 15) is 9.59 Å². The van der Waals surface area contributed by atoms with E-state index < -0.39 is 18.1 Å². The average molecular weight is 277 g/mol. The monoisotopic (exact) mass is 277 g/mol. The molecule has 2 N–H and O–H groups in total. The van der Waals surface area contributed by atoms with Crippen molar-refractivity contribution >= 4 is 12.1 Å². The molecule has 0 spiro atoms. The van der Waals surface area contributed by atoms with Crippen LogP contribution in [0.25, 0.3) is 0 Å². The van der Waals surface area contributed by atoms with Crippen LogP contribution < -0.4 is 5.32 Å². The second kappa shape index (κ2) is 6.41. The number of rotatable bonds is 6. The number of carboxylic acids is 1. The van der Waals surface area contributed by atoms with Gasteiger partial charge in [-0.05, 0) is 30.2 Å². The van der Waals surface area contributed by atoms with Gasteiger partial charge in [0.25, 0.3) is 0 Å². The van der Waals surface area contributed by atoms with Crippen LogP contribution in [0, 0.1) is 11.8 Å². The summed E-state index contributed by atoms with van der Waals surface area (Å²) in [6, 6.07) is 8.40. The molecule has 0 bridgehead atoms. The minimum atomic E-state index is -1.01. The number of hydrogen-bond donors (Lipinski definition) is 2. The van der Waals surface area contributed by atoms with Gasteiger partial charge in [-0.3, -0.25) is 0 Å². The Hall–Kier alpha value is -2.04. The van der Waals surface area contributed by atoms with E-state index in [1.54, 1.807) is 0 Å². The van der Waals surface area contributed by atoms with Gasteiger partial charge in [0.05, 0.1) is 0 Å². The molecule has 20 heavy (non-hydrogen) atoms. The van der Waals surface area contributed by atoms with Gasteiger partial charge in [-0.2, -0.15) is 0 Å². The Morgan fingerprint density at radius 1 is 1.40 bits per heavy atom. The molecular formula is C15H19NO4. The third-order valence-corrected chi connectivity index (χ3v) is 3.62. The fraction of sp³-hybridized carbons (Fsp3) is 0.467. The molecule has 5 heteroatoms. The van der Waals surface area contributed by atoms with E-state index in [-0.39, 0.29) is 6.61 Å². The van der Waals surface area contributed by atoms with Crippen LogP contribution in [-0.2, 0) is 16.1 Å². The molecular weight excluding hydrogens is 258 g/mol. The fourth-order valence-electron chi connectivity index (χ4n) is 2.16. The van der Waals surface area contributed by atoms with Crippen LogP contribution in [0.15, 0.2) is 30.3 Å². The first-order valence-electron chi connectivity index (χ1n) is 6.76. The topological polar surface area (TPSA) is 75.6 Å². The van der Waals surface area contributed by atoms with Crippen LogP contribution in [0.4, 0.5) is 4.79 Å². The van der Waals surface area contributed by atoms with Crippen LogP contribution in [0.3, 0.4) is 0 Å². The van der Waals surface area contributed by atoms with Crippen molar-refractivity contribution in [3.05, 3.63) is 35.9 Å². The van der Waals surface area contributed by atoms with E-state index in [1.807, 2.05) is 30.3 Å². The minimum Gasteiger partial charge on any atom is -0.480 e. The summed E-state index contributed by atoms with van der Waals surface area (Å²) in [5.41, 5.74) is 0.866. The summed E-state index contributed by atoms with van der Waals surface area (Å²) in [7, 11) is 0. The maximum atomic E-state index is 11.6. The van der Waals surface area contributed by atoms with Crippen LogP contribution in [0.5, 0.6) is 0 Å². The van der Waals surface area contributed by atoms with Crippen molar-refractivity contribution in [2.24, 2.45) is 11.8 Å². The third kappa shape index (κ3) is 4.26. The molecule has 1 aromatic carbocycles. The summed E-state index contributed by atoms with van der Waals surface area (Å²) in [6.45, 7) is 2.22. The molecule has 5 nitrogen and oxygen atoms in total. The number of carbonyl (C=O) groups excluding carboxylic acids is 1. The maximum Gasteiger partial charge on any atom is 0.408 e. The largest absolute Gasteiger partial charge is 0.480 e. The van der Waals surface area contributed by atoms with Gasteiger partial charge in [0.1, 0.15) is 12.6 Å². The van der Waals surface area contributed by atoms with Crippen LogP contribution in [0.2, 0.25) is 0 Å². The molecule has 0 radical (unpaired) electrons. The Kier molecular flexibility index (Phi) is 4.61. The van der Waals surface area contributed by atoms with Crippen LogP contribution in [-0.4, -0.2) is 23.2 Å². The molecule has 1 aliphatic carbocycles. The first-order chi connectivity index (χ1) is 9.56. The van der Waals surface area contributed by atoms with Crippen molar-refractivity contribution < 1.29 is 19.4 Å². The quantitative estimate of drug-likeness (QED) is 0.837. The number of amides is 1. The molecule has 2 rings (SSSR count). The smallest absolute Gasteiger partial charge is 0.408 e. The second-order valence-electron chi connectivity index (χ2n) is 5.31. The lowest BCUT2D eigenvalue weighted by atomic mass is 10.1. The Balaban J connectivity index is 1.77. The minimum absolute atomic E-state index is 0.138. The summed E-state index contributed by atoms with van der Waals surface area (Å²) >= 11 is 0. The highest BCUT2D eigenvalue weighted by Gasteiger charge is 2.37. The zero-order chi connectivity index (χ0) is 14.5. The van der Waals surface area contributed by atoms with Crippen molar-refractivity contribution in [2.45, 2.75) is 32.4 Å². The van der Waals surface area contributed by atoms with Crippen LogP contribution in [0.1, 0.15) is 25.3 Å². The molecule has 0 saturated heterocycles. The Morgan fingerprint density at radius 3 is 2.60 bits per heavy atom. The molecule has 3 atom stereocenters. The Labute approximate surface area is 117 Å². The Morgan fingerprint density at radius 2 is 2.05 bits per heavy atom. The molecule has 1 aliphatic rings. The van der Waals surface area contributed by atoms with E-state index in [1.165, 1.54) is 0 Å². The molecule has 3 unspecified atom stereocenters. The number of benzene rings is 1. The summed E-state index contributed by atoms with van der Waals surface area (Å²) in [5.74, 6) is -0.0646. The summed E-state index contributed by atoms with van der Waals surface area (Å²) in [6.07, 6.45) is 0.816. The first-order valence-corrected chi connectivity index (χ1v) is 6.76. The van der Waals surface area contributed by atoms with E-state index >= 15 is 0 Å². The first kappa shape index (κ1) is 14.4. The lowest BCUT2D eigenvalue weighted by molar-refractivity contribution is -0.139. The maximum absolute atomic E-state index is 11.6. The number of ether oxygens (including phenoxy) is 1. The summed E-state index contributed by atoms with van der Waals surface area (Å²) in [5, 5.41) is 11.5. The standard InChI is InChI=1S/C15H19NO4/c1-10-7-12(10)8-13(14(17)18)16-15(19)20-9-11-5-3-2-4-6-11/h2-6,10,12-13H,7-9H2,1H3,(H,16,19)(H,17,18). The van der Waals surface area contributed by atoms with Gasteiger partial charge in [-0.1, -0.05) is 37.3 Å². The van der Waals surface area contributed by atoms with Crippen molar-refractivity contribution in [2.75, 3.05) is 0 Å². The average Bonchev–Trinajstić information content (AvgIpc) is 3.12. The zero-order valence-corrected chi connectivity index (χ0v) is 11.4. The number of hydrogen-bond acceptors (Lipinski definition) is 3. The molecule has 1 fully saturated rings. The molecule has 0 heterocycles. The van der Waals surface area contributed by atoms with Crippen molar-refractivity contribution in [1.29, 1.82) is 0 Å². The molecule has 0 aromatic heterocycles. The predicted molar refractivity (Wildman–Crippen MR) is 73.1 cm³/mol. The number of aliphatic carboxylic acids is 1. The highest BCUT2D eigenvalue weighted by atomic mass is 16.5. The van der Waals surface area contributed by atoms with Gasteiger partial charge >= 0.3 is 12.1 Å². The highest BCUT2D eigenvalue weighted by Crippen LogP contribution is 2.41. The predicted octanol–water partition coefficient (Wildman–Crippen LogP) is 2.41. The molecule has 1 aromatic rings. The molecule has 0 aliphatic heterocycles. The van der Waals surface area contributed by atoms with Gasteiger partial charge in [0, 0.05) is 0 Å². The van der Waals surface area contributed by atoms with E-state index in [2.05, 4.69) is 12.2 Å². The van der Waals surface area contributed by atoms with Gasteiger partial charge in [-0.25, -0.2) is 9.59 Å². The fourth-order valence-corrected chi connectivity index (χ4v) is 2.16. The van der Waals surface area contributed by atoms with Crippen molar-refractivity contribution in [3.8, 4) is 0 Å². The lowest BCUT2D eigenvalue weighted by Crippen LogP contribution is -2.41. The lowest BCUT2D eigenvalue weighted by Gasteiger charge is -2.14. The van der Waals surface area contributed by atoms with E-state index in [0.717, 1.165) is 12.0 Å².